The highest BCUT2D eigenvalue weighted by Gasteiger charge is 2.31. The van der Waals surface area contributed by atoms with Gasteiger partial charge in [-0.05, 0) is 25.7 Å². The lowest BCUT2D eigenvalue weighted by atomic mass is 9.94. The Labute approximate surface area is 102 Å². The van der Waals surface area contributed by atoms with Gasteiger partial charge >= 0.3 is 0 Å². The highest BCUT2D eigenvalue weighted by molar-refractivity contribution is 5.04. The molecule has 96 valence electrons. The van der Waals surface area contributed by atoms with Crippen molar-refractivity contribution >= 4 is 0 Å². The number of ether oxygens (including phenoxy) is 1. The molecular weight excluding hydrogens is 218 g/mol. The molecule has 0 aliphatic carbocycles. The molecule has 1 aliphatic rings. The number of nitrogens with zero attached hydrogens (tertiary/aromatic N) is 2. The molecule has 1 aromatic rings. The first-order valence-corrected chi connectivity index (χ1v) is 6.40. The molecule has 1 saturated heterocycles. The van der Waals surface area contributed by atoms with Gasteiger partial charge in [0.15, 0.2) is 5.82 Å². The van der Waals surface area contributed by atoms with Crippen molar-refractivity contribution in [3.05, 3.63) is 11.7 Å². The minimum absolute atomic E-state index is 0.360. The molecule has 0 unspecified atom stereocenters. The van der Waals surface area contributed by atoms with Gasteiger partial charge in [0.25, 0.3) is 0 Å². The molecule has 1 fully saturated rings. The SMILES string of the molecule is CCC(N)(CC)c1nc(C2CCOCC2)no1. The number of nitrogens with two attached hydrogens (primary N) is 1. The summed E-state index contributed by atoms with van der Waals surface area (Å²) in [6.45, 7) is 5.65. The fourth-order valence-electron chi connectivity index (χ4n) is 2.11. The van der Waals surface area contributed by atoms with Gasteiger partial charge < -0.3 is 15.0 Å². The van der Waals surface area contributed by atoms with Crippen LogP contribution in [0.5, 0.6) is 0 Å². The average molecular weight is 239 g/mol. The number of hydrogen-bond donors (Lipinski definition) is 1. The summed E-state index contributed by atoms with van der Waals surface area (Å²) in [5.74, 6) is 1.73. The monoisotopic (exact) mass is 239 g/mol. The van der Waals surface area contributed by atoms with Crippen LogP contribution < -0.4 is 5.73 Å². The Morgan fingerprint density at radius 2 is 1.94 bits per heavy atom. The number of aromatic nitrogens is 2. The lowest BCUT2D eigenvalue weighted by Crippen LogP contribution is -2.35. The Bertz CT molecular complexity index is 354. The van der Waals surface area contributed by atoms with Crippen LogP contribution in [-0.4, -0.2) is 23.4 Å². The molecule has 0 spiro atoms. The van der Waals surface area contributed by atoms with E-state index in [4.69, 9.17) is 15.0 Å². The van der Waals surface area contributed by atoms with Gasteiger partial charge in [-0.3, -0.25) is 0 Å². The summed E-state index contributed by atoms with van der Waals surface area (Å²) in [7, 11) is 0. The molecular formula is C12H21N3O2. The molecule has 0 amide bonds. The average Bonchev–Trinajstić information content (AvgIpc) is 2.89. The quantitative estimate of drug-likeness (QED) is 0.869. The third-order valence-electron chi connectivity index (χ3n) is 3.72. The van der Waals surface area contributed by atoms with Gasteiger partial charge in [-0.1, -0.05) is 19.0 Å². The van der Waals surface area contributed by atoms with Crippen LogP contribution in [0.1, 0.15) is 57.2 Å². The molecule has 5 nitrogen and oxygen atoms in total. The number of rotatable bonds is 4. The normalized spacial score (nSPS) is 18.5. The first kappa shape index (κ1) is 12.5. The van der Waals surface area contributed by atoms with Crippen LogP contribution in [0.15, 0.2) is 4.52 Å². The highest BCUT2D eigenvalue weighted by atomic mass is 16.5. The fourth-order valence-corrected chi connectivity index (χ4v) is 2.11. The van der Waals surface area contributed by atoms with Crippen molar-refractivity contribution in [3.63, 3.8) is 0 Å². The van der Waals surface area contributed by atoms with Crippen molar-refractivity contribution in [1.82, 2.24) is 10.1 Å². The molecule has 0 radical (unpaired) electrons. The molecule has 0 atom stereocenters. The van der Waals surface area contributed by atoms with E-state index in [1.165, 1.54) is 0 Å². The predicted octanol–water partition coefficient (Wildman–Crippen LogP) is 1.94. The van der Waals surface area contributed by atoms with Gasteiger partial charge in [-0.25, -0.2) is 0 Å². The second-order valence-corrected chi connectivity index (χ2v) is 4.71. The van der Waals surface area contributed by atoms with E-state index >= 15 is 0 Å². The largest absolute Gasteiger partial charge is 0.381 e. The lowest BCUT2D eigenvalue weighted by molar-refractivity contribution is 0.0830. The van der Waals surface area contributed by atoms with E-state index < -0.39 is 5.54 Å². The van der Waals surface area contributed by atoms with E-state index in [9.17, 15) is 0 Å². The van der Waals surface area contributed by atoms with Crippen molar-refractivity contribution in [3.8, 4) is 0 Å². The molecule has 2 heterocycles. The zero-order chi connectivity index (χ0) is 12.3. The third-order valence-corrected chi connectivity index (χ3v) is 3.72. The Hall–Kier alpha value is -0.940. The Morgan fingerprint density at radius 1 is 1.29 bits per heavy atom. The molecule has 17 heavy (non-hydrogen) atoms. The summed E-state index contributed by atoms with van der Waals surface area (Å²) in [5, 5.41) is 4.08. The Balaban J connectivity index is 2.14. The van der Waals surface area contributed by atoms with E-state index in [0.717, 1.165) is 44.7 Å². The van der Waals surface area contributed by atoms with Crippen molar-refractivity contribution in [1.29, 1.82) is 0 Å². The van der Waals surface area contributed by atoms with Crippen LogP contribution in [0.3, 0.4) is 0 Å². The molecule has 0 bridgehead atoms. The topological polar surface area (TPSA) is 74.2 Å². The molecule has 0 saturated carbocycles. The van der Waals surface area contributed by atoms with Gasteiger partial charge in [-0.2, -0.15) is 4.98 Å². The van der Waals surface area contributed by atoms with E-state index in [1.807, 2.05) is 13.8 Å². The second-order valence-electron chi connectivity index (χ2n) is 4.71. The van der Waals surface area contributed by atoms with Crippen LogP contribution >= 0.6 is 0 Å². The van der Waals surface area contributed by atoms with Crippen molar-refractivity contribution in [2.45, 2.75) is 51.0 Å². The second kappa shape index (κ2) is 5.14. The smallest absolute Gasteiger partial charge is 0.246 e. The maximum Gasteiger partial charge on any atom is 0.246 e. The maximum absolute atomic E-state index is 6.24. The summed E-state index contributed by atoms with van der Waals surface area (Å²) in [6.07, 6.45) is 3.54. The Kier molecular flexibility index (Phi) is 3.79. The van der Waals surface area contributed by atoms with Crippen LogP contribution in [0.4, 0.5) is 0 Å². The molecule has 5 heteroatoms. The van der Waals surface area contributed by atoms with Crippen LogP contribution in [0.2, 0.25) is 0 Å². The van der Waals surface area contributed by atoms with Crippen molar-refractivity contribution in [2.75, 3.05) is 13.2 Å². The van der Waals surface area contributed by atoms with Gasteiger partial charge in [0.1, 0.15) is 0 Å². The van der Waals surface area contributed by atoms with Crippen molar-refractivity contribution in [2.24, 2.45) is 5.73 Å². The summed E-state index contributed by atoms with van der Waals surface area (Å²) < 4.78 is 10.7. The van der Waals surface area contributed by atoms with Gasteiger partial charge in [-0.15, -0.1) is 0 Å². The molecule has 1 aliphatic heterocycles. The van der Waals surface area contributed by atoms with Crippen LogP contribution in [0, 0.1) is 0 Å². The highest BCUT2D eigenvalue weighted by Crippen LogP contribution is 2.28. The predicted molar refractivity (Wildman–Crippen MR) is 63.5 cm³/mol. The standard InChI is InChI=1S/C12H21N3O2/c1-3-12(13,4-2)11-14-10(15-17-11)9-5-7-16-8-6-9/h9H,3-8,13H2,1-2H3. The van der Waals surface area contributed by atoms with Crippen molar-refractivity contribution < 1.29 is 9.26 Å². The molecule has 1 aromatic heterocycles. The minimum Gasteiger partial charge on any atom is -0.381 e. The van der Waals surface area contributed by atoms with Gasteiger partial charge in [0.05, 0.1) is 5.54 Å². The van der Waals surface area contributed by atoms with E-state index in [0.29, 0.717) is 11.8 Å². The molecule has 0 aromatic carbocycles. The van der Waals surface area contributed by atoms with Crippen LogP contribution in [-0.2, 0) is 10.3 Å². The summed E-state index contributed by atoms with van der Waals surface area (Å²) in [6, 6.07) is 0. The van der Waals surface area contributed by atoms with Crippen LogP contribution in [0.25, 0.3) is 0 Å². The van der Waals surface area contributed by atoms with E-state index in [1.54, 1.807) is 0 Å². The van der Waals surface area contributed by atoms with E-state index in [2.05, 4.69) is 10.1 Å². The van der Waals surface area contributed by atoms with E-state index in [-0.39, 0.29) is 0 Å². The van der Waals surface area contributed by atoms with Gasteiger partial charge in [0, 0.05) is 19.1 Å². The Morgan fingerprint density at radius 3 is 2.53 bits per heavy atom. The molecule has 2 N–H and O–H groups in total. The maximum atomic E-state index is 6.24. The zero-order valence-electron chi connectivity index (χ0n) is 10.6. The first-order valence-electron chi connectivity index (χ1n) is 6.40. The lowest BCUT2D eigenvalue weighted by Gasteiger charge is -2.21. The summed E-state index contributed by atoms with van der Waals surface area (Å²) in [4.78, 5) is 4.49. The third kappa shape index (κ3) is 2.50. The first-order chi connectivity index (χ1) is 8.19. The minimum atomic E-state index is -0.476. The van der Waals surface area contributed by atoms with Gasteiger partial charge in [0.2, 0.25) is 5.89 Å². The fraction of sp³-hybridized carbons (Fsp3) is 0.833. The number of hydrogen-bond acceptors (Lipinski definition) is 5. The zero-order valence-corrected chi connectivity index (χ0v) is 10.6. The summed E-state index contributed by atoms with van der Waals surface area (Å²) >= 11 is 0. The summed E-state index contributed by atoms with van der Waals surface area (Å²) in [5.41, 5.74) is 5.76. The molecule has 2 rings (SSSR count).